The predicted octanol–water partition coefficient (Wildman–Crippen LogP) is 9.26. The van der Waals surface area contributed by atoms with Crippen LogP contribution in [0, 0.1) is 39.8 Å². The Morgan fingerprint density at radius 3 is 1.89 bits per heavy atom. The number of aromatic nitrogens is 9. The number of anilines is 1. The minimum Gasteiger partial charge on any atom is -0.436 e. The standard InChI is InChI=1S/C49H41BN10.Pt/c1-28-12-9-13-29(2)43(28)50-55(8)35-19-18-33(25-34(35)46-52-22-23-56(46)50)57-38-26-41-40(27-39(38)58-36-16-10-14-30(3)44(36)53-47(57)58)59-37-17-11-15-31(4)45(37)54-48(59)60(41)42-24-32(20-21-51-42)49(5,6)7;/h9-24,27H,1-8H3;/q-2;+2. The molecule has 12 heteroatoms. The number of rotatable bonds is 3. The van der Waals surface area contributed by atoms with Crippen molar-refractivity contribution in [2.75, 3.05) is 11.9 Å². The molecule has 0 saturated carbocycles. The normalized spacial score (nSPS) is 13.0. The molecule has 5 aromatic carbocycles. The van der Waals surface area contributed by atoms with Gasteiger partial charge in [0.1, 0.15) is 5.82 Å². The fraction of sp³-hybridized carbons (Fsp3) is 0.184. The third kappa shape index (κ3) is 5.13. The van der Waals surface area contributed by atoms with Crippen molar-refractivity contribution >= 4 is 73.8 Å². The van der Waals surface area contributed by atoms with Gasteiger partial charge in [-0.3, -0.25) is 9.55 Å². The quantitative estimate of drug-likeness (QED) is 0.130. The predicted molar refractivity (Wildman–Crippen MR) is 243 cm³/mol. The smallest absolute Gasteiger partial charge is 0.436 e. The average molecular weight is 976 g/mol. The van der Waals surface area contributed by atoms with Crippen molar-refractivity contribution in [3.05, 3.63) is 143 Å². The fourth-order valence-electron chi connectivity index (χ4n) is 9.73. The van der Waals surface area contributed by atoms with E-state index in [4.69, 9.17) is 19.9 Å². The molecule has 0 fully saturated rings. The Labute approximate surface area is 367 Å². The minimum atomic E-state index is -0.0757. The summed E-state index contributed by atoms with van der Waals surface area (Å²) in [7, 11) is 2.17. The fourth-order valence-corrected chi connectivity index (χ4v) is 9.73. The summed E-state index contributed by atoms with van der Waals surface area (Å²) in [5.74, 6) is 3.25. The Bertz CT molecular complexity index is 3610. The molecule has 0 saturated heterocycles. The Hall–Kier alpha value is -6.45. The molecule has 300 valence electrons. The molecule has 61 heavy (non-hydrogen) atoms. The van der Waals surface area contributed by atoms with Gasteiger partial charge < -0.3 is 22.7 Å². The Kier molecular flexibility index (Phi) is 8.02. The second-order valence-corrected chi connectivity index (χ2v) is 17.5. The van der Waals surface area contributed by atoms with Crippen LogP contribution in [0.25, 0.3) is 78.6 Å². The molecule has 11 aromatic rings. The molecule has 0 spiro atoms. The van der Waals surface area contributed by atoms with E-state index in [2.05, 4.69) is 186 Å². The molecular formula is C49H41BN10Pt. The van der Waals surface area contributed by atoms with E-state index in [0.717, 1.165) is 95.4 Å². The van der Waals surface area contributed by atoms with Crippen molar-refractivity contribution in [2.24, 2.45) is 0 Å². The van der Waals surface area contributed by atoms with Crippen LogP contribution in [0.4, 0.5) is 5.69 Å². The maximum absolute atomic E-state index is 5.39. The van der Waals surface area contributed by atoms with Crippen LogP contribution in [-0.2, 0) is 26.5 Å². The second-order valence-electron chi connectivity index (χ2n) is 17.5. The average Bonchev–Trinajstić information content (AvgIpc) is 4.05. The summed E-state index contributed by atoms with van der Waals surface area (Å²) in [5.41, 5.74) is 17.7. The van der Waals surface area contributed by atoms with Crippen molar-refractivity contribution in [3.63, 3.8) is 0 Å². The van der Waals surface area contributed by atoms with Gasteiger partial charge in [0, 0.05) is 24.4 Å². The van der Waals surface area contributed by atoms with Crippen LogP contribution in [0.2, 0.25) is 0 Å². The molecular weight excluding hydrogens is 934 g/mol. The van der Waals surface area contributed by atoms with E-state index in [9.17, 15) is 0 Å². The molecule has 1 aliphatic rings. The number of hydrogen-bond donors (Lipinski definition) is 0. The van der Waals surface area contributed by atoms with Crippen LogP contribution in [0.3, 0.4) is 0 Å². The van der Waals surface area contributed by atoms with Gasteiger partial charge in [-0.25, -0.2) is 15.0 Å². The zero-order valence-corrected chi connectivity index (χ0v) is 37.5. The molecule has 12 rings (SSSR count). The minimum absolute atomic E-state index is 0. The van der Waals surface area contributed by atoms with Crippen LogP contribution < -0.4 is 10.3 Å². The third-order valence-electron chi connectivity index (χ3n) is 12.8. The summed E-state index contributed by atoms with van der Waals surface area (Å²) in [6.07, 6.45) is 5.89. The van der Waals surface area contributed by atoms with Gasteiger partial charge in [0.05, 0.1) is 22.1 Å². The maximum atomic E-state index is 5.39. The van der Waals surface area contributed by atoms with E-state index in [1.807, 2.05) is 12.4 Å². The number of hydrogen-bond acceptors (Lipinski definition) is 5. The molecule has 0 bridgehead atoms. The Balaban J connectivity index is 0.00000420. The van der Waals surface area contributed by atoms with Crippen LogP contribution in [0.5, 0.6) is 0 Å². The van der Waals surface area contributed by atoms with Gasteiger partial charge in [-0.2, -0.15) is 0 Å². The number of pyridine rings is 1. The first-order chi connectivity index (χ1) is 29.0. The van der Waals surface area contributed by atoms with Gasteiger partial charge in [-0.05, 0) is 114 Å². The van der Waals surface area contributed by atoms with Crippen molar-refractivity contribution in [2.45, 2.75) is 53.9 Å². The van der Waals surface area contributed by atoms with E-state index in [1.54, 1.807) is 0 Å². The summed E-state index contributed by atoms with van der Waals surface area (Å²) in [6.45, 7) is 15.3. The van der Waals surface area contributed by atoms with Crippen molar-refractivity contribution in [3.8, 4) is 22.9 Å². The Morgan fingerprint density at radius 2 is 1.23 bits per heavy atom. The van der Waals surface area contributed by atoms with Crippen molar-refractivity contribution < 1.29 is 21.1 Å². The van der Waals surface area contributed by atoms with E-state index < -0.39 is 0 Å². The van der Waals surface area contributed by atoms with Gasteiger partial charge in [-0.15, -0.1) is 30.3 Å². The molecule has 0 aliphatic carbocycles. The van der Waals surface area contributed by atoms with E-state index in [0.29, 0.717) is 0 Å². The topological polar surface area (TPSA) is 78.4 Å². The third-order valence-corrected chi connectivity index (χ3v) is 12.8. The molecule has 0 atom stereocenters. The van der Waals surface area contributed by atoms with Crippen LogP contribution in [-0.4, -0.2) is 56.4 Å². The van der Waals surface area contributed by atoms with E-state index >= 15 is 0 Å². The maximum Gasteiger partial charge on any atom is 2.00 e. The molecule has 0 radical (unpaired) electrons. The number of nitrogens with zero attached hydrogens (tertiary/aromatic N) is 10. The number of para-hydroxylation sites is 2. The molecule has 0 unspecified atom stereocenters. The zero-order chi connectivity index (χ0) is 40.9. The molecule has 1 aliphatic heterocycles. The molecule has 7 heterocycles. The first-order valence-electron chi connectivity index (χ1n) is 20.5. The SMILES string of the molecule is Cc1cccc(C)c1B1N(C)c2ccc(-n3c4[c-]c5c(cc4n4c6cccc(C)c6nc34)n3c4cccc(C)c4nc3n5-c3cc(C(C)(C)C)ccn3)[c-]c2-c2nccn21.[Pt+2]. The largest absolute Gasteiger partial charge is 2.00 e. The first kappa shape index (κ1) is 37.5. The second kappa shape index (κ2) is 13.0. The first-order valence-corrected chi connectivity index (χ1v) is 20.5. The summed E-state index contributed by atoms with van der Waals surface area (Å²) in [4.78, 5) is 23.0. The Morgan fingerprint density at radius 1 is 0.623 bits per heavy atom. The monoisotopic (exact) mass is 975 g/mol. The number of benzene rings is 5. The summed E-state index contributed by atoms with van der Waals surface area (Å²) < 4.78 is 11.2. The van der Waals surface area contributed by atoms with E-state index in [1.165, 1.54) is 22.2 Å². The number of aryl methyl sites for hydroxylation is 4. The summed E-state index contributed by atoms with van der Waals surface area (Å²) in [5, 5.41) is 0. The van der Waals surface area contributed by atoms with Crippen LogP contribution in [0.15, 0.2) is 104 Å². The van der Waals surface area contributed by atoms with Crippen LogP contribution >= 0.6 is 0 Å². The number of imidazole rings is 5. The van der Waals surface area contributed by atoms with Gasteiger partial charge in [0.15, 0.2) is 0 Å². The molecule has 6 aromatic heterocycles. The van der Waals surface area contributed by atoms with Gasteiger partial charge in [0.25, 0.3) is 0 Å². The summed E-state index contributed by atoms with van der Waals surface area (Å²) in [6, 6.07) is 38.1. The van der Waals surface area contributed by atoms with Crippen molar-refractivity contribution in [1.29, 1.82) is 0 Å². The van der Waals surface area contributed by atoms with Gasteiger partial charge in [-0.1, -0.05) is 85.6 Å². The van der Waals surface area contributed by atoms with Gasteiger partial charge in [0.2, 0.25) is 11.6 Å². The van der Waals surface area contributed by atoms with Crippen LogP contribution in [0.1, 0.15) is 48.6 Å². The van der Waals surface area contributed by atoms with Gasteiger partial charge >= 0.3 is 28.0 Å². The molecule has 0 amide bonds. The number of fused-ring (bicyclic) bond motifs is 13. The van der Waals surface area contributed by atoms with Crippen molar-refractivity contribution in [1.82, 2.24) is 42.3 Å². The zero-order valence-electron chi connectivity index (χ0n) is 35.2. The summed E-state index contributed by atoms with van der Waals surface area (Å²) >= 11 is 0. The van der Waals surface area contributed by atoms with E-state index in [-0.39, 0.29) is 33.5 Å². The molecule has 0 N–H and O–H groups in total. The molecule has 10 nitrogen and oxygen atoms in total.